The van der Waals surface area contributed by atoms with Crippen molar-refractivity contribution in [2.45, 2.75) is 18.7 Å². The quantitative estimate of drug-likeness (QED) is 0.831. The van der Waals surface area contributed by atoms with Crippen molar-refractivity contribution in [2.75, 3.05) is 39.3 Å². The lowest BCUT2D eigenvalue weighted by Crippen LogP contribution is -2.50. The summed E-state index contributed by atoms with van der Waals surface area (Å²) >= 11 is 0. The van der Waals surface area contributed by atoms with Crippen LogP contribution in [0.3, 0.4) is 0 Å². The first kappa shape index (κ1) is 17.9. The molecule has 6 nitrogen and oxygen atoms in total. The molecule has 0 unspecified atom stereocenters. The van der Waals surface area contributed by atoms with E-state index in [2.05, 4.69) is 5.32 Å². The maximum Gasteiger partial charge on any atom is 0.243 e. The average Bonchev–Trinajstić information content (AvgIpc) is 2.55. The van der Waals surface area contributed by atoms with E-state index in [1.807, 2.05) is 13.8 Å². The Labute approximate surface area is 138 Å². The van der Waals surface area contributed by atoms with Crippen LogP contribution in [0.25, 0.3) is 0 Å². The molecule has 1 saturated heterocycles. The summed E-state index contributed by atoms with van der Waals surface area (Å²) in [4.78, 5) is 14.4. The number of amides is 1. The van der Waals surface area contributed by atoms with E-state index in [-0.39, 0.29) is 23.3 Å². The zero-order chi connectivity index (χ0) is 16.9. The minimum atomic E-state index is -3.66. The van der Waals surface area contributed by atoms with Gasteiger partial charge < -0.3 is 10.2 Å². The van der Waals surface area contributed by atoms with Crippen LogP contribution in [0.1, 0.15) is 13.8 Å². The minimum Gasteiger partial charge on any atom is -0.339 e. The highest BCUT2D eigenvalue weighted by molar-refractivity contribution is 7.89. The molecule has 0 atom stereocenters. The summed E-state index contributed by atoms with van der Waals surface area (Å²) in [5.74, 6) is 0.0102. The molecule has 0 aromatic heterocycles. The van der Waals surface area contributed by atoms with Gasteiger partial charge in [-0.3, -0.25) is 4.79 Å². The Morgan fingerprint density at radius 2 is 1.83 bits per heavy atom. The molecule has 1 aliphatic rings. The smallest absolute Gasteiger partial charge is 0.243 e. The fraction of sp³-hybridized carbons (Fsp3) is 0.562. The van der Waals surface area contributed by atoms with E-state index in [0.29, 0.717) is 19.6 Å². The number of rotatable bonds is 6. The molecule has 1 aromatic rings. The Morgan fingerprint density at radius 1 is 1.22 bits per heavy atom. The van der Waals surface area contributed by atoms with Gasteiger partial charge in [0, 0.05) is 32.7 Å². The number of sulfonamides is 1. The second-order valence-corrected chi connectivity index (χ2v) is 8.07. The van der Waals surface area contributed by atoms with Crippen molar-refractivity contribution in [3.05, 3.63) is 30.3 Å². The molecule has 7 heteroatoms. The molecule has 1 fully saturated rings. The van der Waals surface area contributed by atoms with Crippen molar-refractivity contribution in [2.24, 2.45) is 5.92 Å². The van der Waals surface area contributed by atoms with Gasteiger partial charge in [-0.2, -0.15) is 4.31 Å². The van der Waals surface area contributed by atoms with Gasteiger partial charge in [0.15, 0.2) is 0 Å². The molecule has 0 aliphatic carbocycles. The third-order valence-corrected chi connectivity index (χ3v) is 5.56. The third-order valence-electron chi connectivity index (χ3n) is 3.73. The summed E-state index contributed by atoms with van der Waals surface area (Å²) in [6.07, 6.45) is 0. The summed E-state index contributed by atoms with van der Waals surface area (Å²) < 4.78 is 27.0. The minimum absolute atomic E-state index is 0.102. The molecule has 1 amide bonds. The molecule has 128 valence electrons. The predicted octanol–water partition coefficient (Wildman–Crippen LogP) is 0.765. The van der Waals surface area contributed by atoms with Gasteiger partial charge in [0.25, 0.3) is 0 Å². The van der Waals surface area contributed by atoms with Crippen molar-refractivity contribution < 1.29 is 13.2 Å². The maximum atomic E-state index is 12.8. The normalized spacial score (nSPS) is 16.1. The van der Waals surface area contributed by atoms with Gasteiger partial charge >= 0.3 is 0 Å². The molecule has 2 rings (SSSR count). The topological polar surface area (TPSA) is 69.7 Å². The van der Waals surface area contributed by atoms with Crippen LogP contribution in [-0.2, 0) is 14.8 Å². The SMILES string of the molecule is CC(C)CN(CC(=O)N1CCNCC1)S(=O)(=O)c1ccccc1. The van der Waals surface area contributed by atoms with Gasteiger partial charge in [-0.05, 0) is 18.1 Å². The molecule has 1 aromatic carbocycles. The second-order valence-electron chi connectivity index (χ2n) is 6.14. The van der Waals surface area contributed by atoms with Crippen LogP contribution < -0.4 is 5.32 Å². The Morgan fingerprint density at radius 3 is 2.39 bits per heavy atom. The molecule has 0 saturated carbocycles. The first-order chi connectivity index (χ1) is 10.9. The van der Waals surface area contributed by atoms with E-state index in [1.54, 1.807) is 35.2 Å². The summed E-state index contributed by atoms with van der Waals surface area (Å²) in [7, 11) is -3.66. The Balaban J connectivity index is 2.18. The van der Waals surface area contributed by atoms with Crippen LogP contribution >= 0.6 is 0 Å². The fourth-order valence-electron chi connectivity index (χ4n) is 2.56. The lowest BCUT2D eigenvalue weighted by Gasteiger charge is -2.30. The van der Waals surface area contributed by atoms with Crippen molar-refractivity contribution >= 4 is 15.9 Å². The van der Waals surface area contributed by atoms with Crippen LogP contribution in [0.2, 0.25) is 0 Å². The van der Waals surface area contributed by atoms with E-state index in [1.165, 1.54) is 4.31 Å². The molecule has 0 spiro atoms. The fourth-order valence-corrected chi connectivity index (χ4v) is 4.14. The van der Waals surface area contributed by atoms with Gasteiger partial charge in [-0.1, -0.05) is 32.0 Å². The van der Waals surface area contributed by atoms with Gasteiger partial charge in [-0.25, -0.2) is 8.42 Å². The standard InChI is InChI=1S/C16H25N3O3S/c1-14(2)12-19(13-16(20)18-10-8-17-9-11-18)23(21,22)15-6-4-3-5-7-15/h3-7,14,17H,8-13H2,1-2H3. The summed E-state index contributed by atoms with van der Waals surface area (Å²) in [6, 6.07) is 8.30. The first-order valence-corrected chi connectivity index (χ1v) is 9.39. The van der Waals surface area contributed by atoms with Crippen LogP contribution in [0.4, 0.5) is 0 Å². The summed E-state index contributed by atoms with van der Waals surface area (Å²) in [6.45, 7) is 6.87. The van der Waals surface area contributed by atoms with Gasteiger partial charge in [0.1, 0.15) is 0 Å². The van der Waals surface area contributed by atoms with E-state index in [0.717, 1.165) is 13.1 Å². The lowest BCUT2D eigenvalue weighted by molar-refractivity contribution is -0.132. The number of piperazine rings is 1. The highest BCUT2D eigenvalue weighted by Crippen LogP contribution is 2.17. The van der Waals surface area contributed by atoms with E-state index >= 15 is 0 Å². The van der Waals surface area contributed by atoms with Gasteiger partial charge in [0.2, 0.25) is 15.9 Å². The molecule has 23 heavy (non-hydrogen) atoms. The second kappa shape index (κ2) is 7.90. The largest absolute Gasteiger partial charge is 0.339 e. The van der Waals surface area contributed by atoms with Crippen molar-refractivity contribution in [3.8, 4) is 0 Å². The zero-order valence-electron chi connectivity index (χ0n) is 13.7. The summed E-state index contributed by atoms with van der Waals surface area (Å²) in [5.41, 5.74) is 0. The van der Waals surface area contributed by atoms with Crippen molar-refractivity contribution in [1.82, 2.24) is 14.5 Å². The van der Waals surface area contributed by atoms with Crippen molar-refractivity contribution in [1.29, 1.82) is 0 Å². The molecular formula is C16H25N3O3S. The number of hydrogen-bond acceptors (Lipinski definition) is 4. The Hall–Kier alpha value is -1.44. The van der Waals surface area contributed by atoms with Crippen LogP contribution in [0.15, 0.2) is 35.2 Å². The number of carbonyl (C=O) groups excluding carboxylic acids is 1. The summed E-state index contributed by atoms with van der Waals surface area (Å²) in [5, 5.41) is 3.19. The van der Waals surface area contributed by atoms with E-state index < -0.39 is 10.0 Å². The molecule has 1 heterocycles. The molecule has 0 radical (unpaired) electrons. The highest BCUT2D eigenvalue weighted by atomic mass is 32.2. The van der Waals surface area contributed by atoms with E-state index in [9.17, 15) is 13.2 Å². The third kappa shape index (κ3) is 4.76. The maximum absolute atomic E-state index is 12.8. The average molecular weight is 339 g/mol. The number of benzene rings is 1. The number of nitrogens with zero attached hydrogens (tertiary/aromatic N) is 2. The Kier molecular flexibility index (Phi) is 6.15. The first-order valence-electron chi connectivity index (χ1n) is 7.95. The van der Waals surface area contributed by atoms with E-state index in [4.69, 9.17) is 0 Å². The van der Waals surface area contributed by atoms with Crippen LogP contribution in [0.5, 0.6) is 0 Å². The Bertz CT molecular complexity index is 611. The number of hydrogen-bond donors (Lipinski definition) is 1. The van der Waals surface area contributed by atoms with Crippen molar-refractivity contribution in [3.63, 3.8) is 0 Å². The zero-order valence-corrected chi connectivity index (χ0v) is 14.6. The predicted molar refractivity (Wildman–Crippen MR) is 89.5 cm³/mol. The van der Waals surface area contributed by atoms with Gasteiger partial charge in [0.05, 0.1) is 11.4 Å². The monoisotopic (exact) mass is 339 g/mol. The molecular weight excluding hydrogens is 314 g/mol. The molecule has 1 N–H and O–H groups in total. The number of carbonyl (C=O) groups is 1. The molecule has 1 aliphatic heterocycles. The van der Waals surface area contributed by atoms with Crippen LogP contribution in [0, 0.1) is 5.92 Å². The lowest BCUT2D eigenvalue weighted by atomic mass is 10.2. The van der Waals surface area contributed by atoms with Crippen LogP contribution in [-0.4, -0.2) is 62.8 Å². The molecule has 0 bridgehead atoms. The number of nitrogens with one attached hydrogen (secondary N) is 1. The highest BCUT2D eigenvalue weighted by Gasteiger charge is 2.29. The van der Waals surface area contributed by atoms with Gasteiger partial charge in [-0.15, -0.1) is 0 Å².